The van der Waals surface area contributed by atoms with Crippen molar-refractivity contribution < 1.29 is 9.18 Å². The summed E-state index contributed by atoms with van der Waals surface area (Å²) >= 11 is 0. The van der Waals surface area contributed by atoms with Gasteiger partial charge in [0.2, 0.25) is 5.91 Å². The van der Waals surface area contributed by atoms with E-state index in [1.165, 1.54) is 35.6 Å². The van der Waals surface area contributed by atoms with Crippen molar-refractivity contribution in [1.29, 1.82) is 0 Å². The largest absolute Gasteiger partial charge is 0.354 e. The van der Waals surface area contributed by atoms with E-state index in [1.807, 2.05) is 0 Å². The first kappa shape index (κ1) is 19.3. The lowest BCUT2D eigenvalue weighted by atomic mass is 9.89. The van der Waals surface area contributed by atoms with Crippen LogP contribution in [-0.2, 0) is 17.9 Å². The predicted octanol–water partition coefficient (Wildman–Crippen LogP) is 2.48. The van der Waals surface area contributed by atoms with Gasteiger partial charge in [0.25, 0.3) is 5.56 Å². The van der Waals surface area contributed by atoms with E-state index in [0.717, 1.165) is 31.2 Å². The molecule has 3 aromatic rings. The Labute approximate surface area is 167 Å². The van der Waals surface area contributed by atoms with Crippen molar-refractivity contribution in [3.05, 3.63) is 58.5 Å². The van der Waals surface area contributed by atoms with Crippen molar-refractivity contribution in [2.45, 2.75) is 45.2 Å². The van der Waals surface area contributed by atoms with Crippen molar-refractivity contribution in [1.82, 2.24) is 24.6 Å². The molecule has 8 heteroatoms. The normalized spacial score (nSPS) is 14.9. The van der Waals surface area contributed by atoms with Crippen molar-refractivity contribution in [2.24, 2.45) is 5.92 Å². The minimum absolute atomic E-state index is 0.107. The molecule has 0 aliphatic heterocycles. The van der Waals surface area contributed by atoms with Gasteiger partial charge >= 0.3 is 0 Å². The summed E-state index contributed by atoms with van der Waals surface area (Å²) in [5.74, 6) is -0.0859. The third kappa shape index (κ3) is 4.36. The summed E-state index contributed by atoms with van der Waals surface area (Å²) in [6.45, 7) is 1.22. The van der Waals surface area contributed by atoms with E-state index >= 15 is 0 Å². The minimum atomic E-state index is -0.313. The van der Waals surface area contributed by atoms with Gasteiger partial charge in [-0.25, -0.2) is 14.1 Å². The molecule has 152 valence electrons. The van der Waals surface area contributed by atoms with E-state index in [9.17, 15) is 14.0 Å². The zero-order valence-corrected chi connectivity index (χ0v) is 16.2. The van der Waals surface area contributed by atoms with E-state index in [0.29, 0.717) is 30.7 Å². The van der Waals surface area contributed by atoms with Crippen LogP contribution in [0.3, 0.4) is 0 Å². The molecule has 0 spiro atoms. The second-order valence-corrected chi connectivity index (χ2v) is 7.54. The van der Waals surface area contributed by atoms with Crippen LogP contribution in [0.1, 0.15) is 37.7 Å². The van der Waals surface area contributed by atoms with Gasteiger partial charge in [-0.3, -0.25) is 14.2 Å². The highest BCUT2D eigenvalue weighted by molar-refractivity contribution is 5.78. The summed E-state index contributed by atoms with van der Waals surface area (Å²) in [5.41, 5.74) is 1.11. The predicted molar refractivity (Wildman–Crippen MR) is 107 cm³/mol. The molecule has 1 aliphatic carbocycles. The van der Waals surface area contributed by atoms with Crippen LogP contribution in [0, 0.1) is 11.7 Å². The molecular formula is C21H24FN5O2. The number of carbonyl (C=O) groups excluding carboxylic acids is 1. The van der Waals surface area contributed by atoms with Crippen LogP contribution in [0.2, 0.25) is 0 Å². The second kappa shape index (κ2) is 8.55. The Morgan fingerprint density at radius 1 is 1.17 bits per heavy atom. The fourth-order valence-corrected chi connectivity index (χ4v) is 3.85. The van der Waals surface area contributed by atoms with Gasteiger partial charge in [-0.2, -0.15) is 5.10 Å². The van der Waals surface area contributed by atoms with Gasteiger partial charge < -0.3 is 5.32 Å². The molecule has 2 aromatic heterocycles. The maximum Gasteiger partial charge on any atom is 0.264 e. The first-order chi connectivity index (χ1) is 14.1. The number of rotatable bonds is 6. The van der Waals surface area contributed by atoms with Gasteiger partial charge in [0.15, 0.2) is 5.65 Å². The Morgan fingerprint density at radius 3 is 2.69 bits per heavy atom. The summed E-state index contributed by atoms with van der Waals surface area (Å²) in [6, 6.07) is 6.02. The van der Waals surface area contributed by atoms with Crippen molar-refractivity contribution in [2.75, 3.05) is 6.54 Å². The van der Waals surface area contributed by atoms with Crippen LogP contribution in [0.4, 0.5) is 4.39 Å². The van der Waals surface area contributed by atoms with E-state index < -0.39 is 0 Å². The Morgan fingerprint density at radius 2 is 1.93 bits per heavy atom. The average Bonchev–Trinajstić information content (AvgIpc) is 3.16. The molecule has 29 heavy (non-hydrogen) atoms. The highest BCUT2D eigenvalue weighted by Crippen LogP contribution is 2.23. The number of amides is 1. The number of nitrogens with one attached hydrogen (secondary N) is 1. The van der Waals surface area contributed by atoms with Gasteiger partial charge in [0.1, 0.15) is 17.5 Å². The Hall–Kier alpha value is -3.03. The van der Waals surface area contributed by atoms with Gasteiger partial charge in [-0.1, -0.05) is 31.4 Å². The number of benzene rings is 1. The molecular weight excluding hydrogens is 373 g/mol. The SMILES string of the molecule is O=C(NCCn1ncc2c(=O)n(Cc3ccc(F)cc3)cnc21)C1CCCCC1. The van der Waals surface area contributed by atoms with E-state index in [2.05, 4.69) is 15.4 Å². The van der Waals surface area contributed by atoms with E-state index in [-0.39, 0.29) is 23.2 Å². The molecule has 0 atom stereocenters. The quantitative estimate of drug-likeness (QED) is 0.693. The molecule has 7 nitrogen and oxygen atoms in total. The maximum absolute atomic E-state index is 13.1. The third-order valence-corrected chi connectivity index (χ3v) is 5.49. The fraction of sp³-hybridized carbons (Fsp3) is 0.429. The van der Waals surface area contributed by atoms with Crippen LogP contribution in [0.25, 0.3) is 11.0 Å². The van der Waals surface area contributed by atoms with E-state index in [4.69, 9.17) is 0 Å². The summed E-state index contributed by atoms with van der Waals surface area (Å²) in [5, 5.41) is 7.67. The Kier molecular flexibility index (Phi) is 5.69. The molecule has 1 aromatic carbocycles. The first-order valence-electron chi connectivity index (χ1n) is 10.0. The van der Waals surface area contributed by atoms with Crippen molar-refractivity contribution in [3.63, 3.8) is 0 Å². The topological polar surface area (TPSA) is 81.8 Å². The molecule has 0 saturated heterocycles. The van der Waals surface area contributed by atoms with Gasteiger partial charge in [-0.05, 0) is 30.5 Å². The lowest BCUT2D eigenvalue weighted by Gasteiger charge is -2.20. The van der Waals surface area contributed by atoms with Crippen molar-refractivity contribution in [3.8, 4) is 0 Å². The highest BCUT2D eigenvalue weighted by atomic mass is 19.1. The lowest BCUT2D eigenvalue weighted by molar-refractivity contribution is -0.125. The molecule has 2 heterocycles. The standard InChI is InChI=1S/C21H24FN5O2/c22-17-8-6-15(7-9-17)13-26-14-24-19-18(21(26)29)12-25-27(19)11-10-23-20(28)16-4-2-1-3-5-16/h6-9,12,14,16H,1-5,10-11,13H2,(H,23,28). The molecule has 0 bridgehead atoms. The van der Waals surface area contributed by atoms with Crippen LogP contribution in [-0.4, -0.2) is 31.8 Å². The van der Waals surface area contributed by atoms with Crippen LogP contribution in [0.5, 0.6) is 0 Å². The molecule has 1 fully saturated rings. The van der Waals surface area contributed by atoms with Crippen LogP contribution >= 0.6 is 0 Å². The number of hydrogen-bond donors (Lipinski definition) is 1. The average molecular weight is 397 g/mol. The molecule has 1 saturated carbocycles. The minimum Gasteiger partial charge on any atom is -0.354 e. The van der Waals surface area contributed by atoms with Gasteiger partial charge in [0.05, 0.1) is 19.3 Å². The molecule has 0 radical (unpaired) electrons. The molecule has 1 amide bonds. The molecule has 0 unspecified atom stereocenters. The lowest BCUT2D eigenvalue weighted by Crippen LogP contribution is -2.34. The Bertz CT molecular complexity index is 1050. The Balaban J connectivity index is 1.42. The summed E-state index contributed by atoms with van der Waals surface area (Å²) in [7, 11) is 0. The van der Waals surface area contributed by atoms with Gasteiger partial charge in [-0.15, -0.1) is 0 Å². The summed E-state index contributed by atoms with van der Waals surface area (Å²) < 4.78 is 16.2. The molecule has 1 N–H and O–H groups in total. The zero-order valence-electron chi connectivity index (χ0n) is 16.2. The van der Waals surface area contributed by atoms with Crippen LogP contribution in [0.15, 0.2) is 41.6 Å². The smallest absolute Gasteiger partial charge is 0.264 e. The number of nitrogens with zero attached hydrogens (tertiary/aromatic N) is 4. The molecule has 4 rings (SSSR count). The van der Waals surface area contributed by atoms with E-state index in [1.54, 1.807) is 16.8 Å². The number of fused-ring (bicyclic) bond motifs is 1. The molecule has 1 aliphatic rings. The maximum atomic E-state index is 13.1. The first-order valence-corrected chi connectivity index (χ1v) is 10.0. The van der Waals surface area contributed by atoms with Crippen molar-refractivity contribution >= 4 is 16.9 Å². The number of carbonyl (C=O) groups is 1. The summed E-state index contributed by atoms with van der Waals surface area (Å²) in [6.07, 6.45) is 8.37. The van der Waals surface area contributed by atoms with Crippen LogP contribution < -0.4 is 10.9 Å². The zero-order chi connectivity index (χ0) is 20.2. The summed E-state index contributed by atoms with van der Waals surface area (Å²) in [4.78, 5) is 29.4. The monoisotopic (exact) mass is 397 g/mol. The van der Waals surface area contributed by atoms with Gasteiger partial charge in [0, 0.05) is 12.5 Å². The number of hydrogen-bond acceptors (Lipinski definition) is 4. The number of halogens is 1. The third-order valence-electron chi connectivity index (χ3n) is 5.49. The highest BCUT2D eigenvalue weighted by Gasteiger charge is 2.20. The second-order valence-electron chi connectivity index (χ2n) is 7.54. The number of aromatic nitrogens is 4. The fourth-order valence-electron chi connectivity index (χ4n) is 3.85.